The molecule has 0 fully saturated rings. The zero-order valence-corrected chi connectivity index (χ0v) is 18.7. The minimum Gasteiger partial charge on any atom is -0.339 e. The number of nitrogens with zero attached hydrogens (tertiary/aromatic N) is 6. The molecule has 1 N–H and O–H groups in total. The number of nitrogens with one attached hydrogen (secondary N) is 1. The van der Waals surface area contributed by atoms with E-state index < -0.39 is 5.82 Å². The Morgan fingerprint density at radius 1 is 1.09 bits per heavy atom. The molecule has 4 heterocycles. The van der Waals surface area contributed by atoms with Gasteiger partial charge >= 0.3 is 0 Å². The van der Waals surface area contributed by atoms with Crippen LogP contribution in [0.25, 0.3) is 28.1 Å². The van der Waals surface area contributed by atoms with Crippen LogP contribution < -0.4 is 5.32 Å². The first-order chi connectivity index (χ1) is 16.5. The lowest BCUT2D eigenvalue weighted by Crippen LogP contribution is -2.02. The highest BCUT2D eigenvalue weighted by atomic mass is 35.5. The summed E-state index contributed by atoms with van der Waals surface area (Å²) in [6.45, 7) is 1.87. The van der Waals surface area contributed by atoms with E-state index in [4.69, 9.17) is 16.6 Å². The van der Waals surface area contributed by atoms with Crippen LogP contribution in [-0.2, 0) is 11.2 Å². The van der Waals surface area contributed by atoms with Crippen LogP contribution >= 0.6 is 11.6 Å². The maximum atomic E-state index is 13.9. The number of halogens is 2. The van der Waals surface area contributed by atoms with Gasteiger partial charge in [-0.2, -0.15) is 5.10 Å². The molecular formula is C24H17ClFN7O. The molecule has 0 aliphatic heterocycles. The number of anilines is 2. The zero-order valence-electron chi connectivity index (χ0n) is 17.9. The first-order valence-electron chi connectivity index (χ1n) is 10.3. The van der Waals surface area contributed by atoms with E-state index in [0.29, 0.717) is 28.5 Å². The van der Waals surface area contributed by atoms with Gasteiger partial charge in [-0.3, -0.25) is 4.57 Å². The van der Waals surface area contributed by atoms with Crippen molar-refractivity contribution in [1.82, 2.24) is 29.7 Å². The predicted octanol–water partition coefficient (Wildman–Crippen LogP) is 4.86. The van der Waals surface area contributed by atoms with Gasteiger partial charge in [0.15, 0.2) is 5.82 Å². The molecule has 8 nitrogen and oxygen atoms in total. The second-order valence-corrected chi connectivity index (χ2v) is 7.90. The monoisotopic (exact) mass is 473 g/mol. The normalized spacial score (nSPS) is 11.0. The number of benzene rings is 1. The van der Waals surface area contributed by atoms with Crippen molar-refractivity contribution in [2.45, 2.75) is 13.3 Å². The van der Waals surface area contributed by atoms with Crippen molar-refractivity contribution in [1.29, 1.82) is 0 Å². The molecule has 0 saturated heterocycles. The summed E-state index contributed by atoms with van der Waals surface area (Å²) in [7, 11) is 0. The maximum Gasteiger partial charge on any atom is 0.153 e. The lowest BCUT2D eigenvalue weighted by Gasteiger charge is -2.12. The molecule has 10 heteroatoms. The second-order valence-electron chi connectivity index (χ2n) is 7.54. The molecule has 0 atom stereocenters. The summed E-state index contributed by atoms with van der Waals surface area (Å²) in [5.74, 6) is 0.620. The molecule has 168 valence electrons. The average Bonchev–Trinajstić information content (AvgIpc) is 3.26. The molecule has 0 unspecified atom stereocenters. The Balaban J connectivity index is 1.55. The lowest BCUT2D eigenvalue weighted by atomic mass is 10.1. The molecule has 5 rings (SSSR count). The lowest BCUT2D eigenvalue weighted by molar-refractivity contribution is -0.107. The number of aromatic nitrogens is 6. The van der Waals surface area contributed by atoms with Crippen LogP contribution in [-0.4, -0.2) is 36.0 Å². The Kier molecular flexibility index (Phi) is 5.69. The topological polar surface area (TPSA) is 98.5 Å². The van der Waals surface area contributed by atoms with Crippen LogP contribution in [0.5, 0.6) is 0 Å². The summed E-state index contributed by atoms with van der Waals surface area (Å²) < 4.78 is 15.7. The van der Waals surface area contributed by atoms with Crippen LogP contribution in [0.2, 0.25) is 5.15 Å². The SMILES string of the molecule is Cc1ccc(Nc2ccc3c(c2)ncn3-c2ccc(CC=O)c(-c3cc(F)cnc3Cl)n2)nn1. The molecule has 34 heavy (non-hydrogen) atoms. The van der Waals surface area contributed by atoms with Crippen molar-refractivity contribution in [3.05, 3.63) is 83.3 Å². The van der Waals surface area contributed by atoms with E-state index in [-0.39, 0.29) is 11.6 Å². The van der Waals surface area contributed by atoms with Gasteiger partial charge in [-0.05, 0) is 55.0 Å². The largest absolute Gasteiger partial charge is 0.339 e. The minimum atomic E-state index is -0.546. The van der Waals surface area contributed by atoms with Crippen molar-refractivity contribution in [3.63, 3.8) is 0 Å². The number of imidazole rings is 1. The van der Waals surface area contributed by atoms with Crippen LogP contribution in [0.15, 0.2) is 61.1 Å². The maximum absolute atomic E-state index is 13.9. The molecular weight excluding hydrogens is 457 g/mol. The van der Waals surface area contributed by atoms with Crippen LogP contribution in [0, 0.1) is 12.7 Å². The van der Waals surface area contributed by atoms with E-state index in [9.17, 15) is 9.18 Å². The molecule has 5 aromatic rings. The smallest absolute Gasteiger partial charge is 0.153 e. The number of rotatable bonds is 6. The fourth-order valence-corrected chi connectivity index (χ4v) is 3.77. The number of carbonyl (C=O) groups is 1. The Labute approximate surface area is 198 Å². The standard InChI is InChI=1S/C24H17ClFN7O/c1-14-2-6-21(32-31-14)29-17-4-5-20-19(11-17)28-13-33(20)22-7-3-15(8-9-34)23(30-22)18-10-16(26)12-27-24(18)25/h2-7,9-13H,8H2,1H3,(H,29,32). The van der Waals surface area contributed by atoms with Gasteiger partial charge in [0, 0.05) is 17.7 Å². The van der Waals surface area contributed by atoms with Crippen molar-refractivity contribution < 1.29 is 9.18 Å². The highest BCUT2D eigenvalue weighted by molar-refractivity contribution is 6.32. The van der Waals surface area contributed by atoms with Crippen LogP contribution in [0.1, 0.15) is 11.3 Å². The molecule has 1 aromatic carbocycles. The first-order valence-corrected chi connectivity index (χ1v) is 10.7. The number of hydrogen-bond acceptors (Lipinski definition) is 7. The fourth-order valence-electron chi connectivity index (χ4n) is 3.57. The first kappa shape index (κ1) is 21.6. The summed E-state index contributed by atoms with van der Waals surface area (Å²) in [5, 5.41) is 11.5. The summed E-state index contributed by atoms with van der Waals surface area (Å²) >= 11 is 6.23. The number of aldehydes is 1. The molecule has 0 aliphatic rings. The van der Waals surface area contributed by atoms with Gasteiger partial charge in [-0.15, -0.1) is 5.10 Å². The molecule has 0 amide bonds. The van der Waals surface area contributed by atoms with E-state index in [0.717, 1.165) is 34.9 Å². The van der Waals surface area contributed by atoms with Gasteiger partial charge in [0.25, 0.3) is 0 Å². The van der Waals surface area contributed by atoms with Crippen molar-refractivity contribution in [3.8, 4) is 17.1 Å². The van der Waals surface area contributed by atoms with Gasteiger partial charge in [0.1, 0.15) is 29.4 Å². The quantitative estimate of drug-likeness (QED) is 0.278. The third kappa shape index (κ3) is 4.20. The van der Waals surface area contributed by atoms with Crippen molar-refractivity contribution >= 4 is 40.4 Å². The Morgan fingerprint density at radius 3 is 2.76 bits per heavy atom. The van der Waals surface area contributed by atoms with Crippen molar-refractivity contribution in [2.75, 3.05) is 5.32 Å². The van der Waals surface area contributed by atoms with E-state index in [1.165, 1.54) is 6.07 Å². The molecule has 0 aliphatic carbocycles. The third-order valence-corrected chi connectivity index (χ3v) is 5.49. The Hall–Kier alpha value is -4.24. The highest BCUT2D eigenvalue weighted by Gasteiger charge is 2.16. The van der Waals surface area contributed by atoms with Crippen molar-refractivity contribution in [2.24, 2.45) is 0 Å². The Bertz CT molecular complexity index is 1520. The Morgan fingerprint density at radius 2 is 1.97 bits per heavy atom. The minimum absolute atomic E-state index is 0.101. The predicted molar refractivity (Wildman–Crippen MR) is 127 cm³/mol. The van der Waals surface area contributed by atoms with E-state index in [2.05, 4.69) is 25.5 Å². The summed E-state index contributed by atoms with van der Waals surface area (Å²) in [4.78, 5) is 24.3. The molecule has 0 saturated carbocycles. The van der Waals surface area contributed by atoms with Gasteiger partial charge in [0.05, 0.1) is 28.6 Å². The zero-order chi connectivity index (χ0) is 23.7. The summed E-state index contributed by atoms with van der Waals surface area (Å²) in [6, 6.07) is 14.2. The van der Waals surface area contributed by atoms with E-state index in [1.807, 2.05) is 37.3 Å². The average molecular weight is 474 g/mol. The van der Waals surface area contributed by atoms with Crippen LogP contribution in [0.4, 0.5) is 15.9 Å². The van der Waals surface area contributed by atoms with Gasteiger partial charge < -0.3 is 10.1 Å². The third-order valence-electron chi connectivity index (χ3n) is 5.19. The van der Waals surface area contributed by atoms with Gasteiger partial charge in [0.2, 0.25) is 0 Å². The molecule has 4 aromatic heterocycles. The van der Waals surface area contributed by atoms with E-state index >= 15 is 0 Å². The molecule has 0 bridgehead atoms. The second kappa shape index (κ2) is 8.95. The number of fused-ring (bicyclic) bond motifs is 1. The number of aryl methyl sites for hydroxylation is 1. The number of hydrogen-bond donors (Lipinski definition) is 1. The molecule has 0 spiro atoms. The number of pyridine rings is 2. The summed E-state index contributed by atoms with van der Waals surface area (Å²) in [6.07, 6.45) is 3.56. The van der Waals surface area contributed by atoms with Gasteiger partial charge in [-0.25, -0.2) is 19.3 Å². The molecule has 0 radical (unpaired) electrons. The van der Waals surface area contributed by atoms with Crippen LogP contribution in [0.3, 0.4) is 0 Å². The van der Waals surface area contributed by atoms with E-state index in [1.54, 1.807) is 23.0 Å². The fraction of sp³-hybridized carbons (Fsp3) is 0.0833. The highest BCUT2D eigenvalue weighted by Crippen LogP contribution is 2.30. The number of carbonyl (C=O) groups excluding carboxylic acids is 1. The van der Waals surface area contributed by atoms with Gasteiger partial charge in [-0.1, -0.05) is 17.7 Å². The summed E-state index contributed by atoms with van der Waals surface area (Å²) in [5.41, 5.74) is 4.50.